The number of hydrogen-bond acceptors (Lipinski definition) is 4. The van der Waals surface area contributed by atoms with Crippen LogP contribution in [0.15, 0.2) is 42.5 Å². The van der Waals surface area contributed by atoms with E-state index in [0.29, 0.717) is 17.2 Å². The summed E-state index contributed by atoms with van der Waals surface area (Å²) in [5.41, 5.74) is 0.808. The molecule has 0 unspecified atom stereocenters. The summed E-state index contributed by atoms with van der Waals surface area (Å²) in [6.45, 7) is 2.44. The van der Waals surface area contributed by atoms with Gasteiger partial charge in [-0.2, -0.15) is 0 Å². The number of aromatic carboxylic acids is 1. The number of ether oxygens (including phenoxy) is 1. The molecule has 0 saturated carbocycles. The van der Waals surface area contributed by atoms with Crippen molar-refractivity contribution in [1.29, 1.82) is 0 Å². The van der Waals surface area contributed by atoms with Crippen LogP contribution in [0.2, 0.25) is 0 Å². The molecule has 2 aromatic rings. The van der Waals surface area contributed by atoms with Crippen molar-refractivity contribution in [2.75, 3.05) is 6.61 Å². The van der Waals surface area contributed by atoms with Crippen LogP contribution >= 0.6 is 11.3 Å². The number of allylic oxidation sites excluding steroid dienone is 1. The third-order valence-electron chi connectivity index (χ3n) is 2.69. The highest BCUT2D eigenvalue weighted by molar-refractivity contribution is 7.16. The maximum Gasteiger partial charge on any atom is 0.345 e. The summed E-state index contributed by atoms with van der Waals surface area (Å²) in [6, 6.07) is 10.4. The van der Waals surface area contributed by atoms with Crippen LogP contribution in [0.25, 0.3) is 6.08 Å². The Morgan fingerprint density at radius 3 is 2.57 bits per heavy atom. The number of ketones is 1. The van der Waals surface area contributed by atoms with Gasteiger partial charge in [-0.1, -0.05) is 18.2 Å². The molecule has 1 N–H and O–H groups in total. The molecule has 4 nitrogen and oxygen atoms in total. The first-order chi connectivity index (χ1) is 10.1. The van der Waals surface area contributed by atoms with Crippen molar-refractivity contribution in [3.05, 3.63) is 57.8 Å². The van der Waals surface area contributed by atoms with Gasteiger partial charge >= 0.3 is 5.97 Å². The minimum atomic E-state index is -1.02. The zero-order chi connectivity index (χ0) is 15.2. The van der Waals surface area contributed by atoms with E-state index >= 15 is 0 Å². The summed E-state index contributed by atoms with van der Waals surface area (Å²) in [5, 5.41) is 8.85. The summed E-state index contributed by atoms with van der Waals surface area (Å²) >= 11 is 0.967. The summed E-state index contributed by atoms with van der Waals surface area (Å²) in [4.78, 5) is 23.4. The van der Waals surface area contributed by atoms with E-state index < -0.39 is 5.97 Å². The lowest BCUT2D eigenvalue weighted by molar-refractivity contribution is 0.0702. The molecule has 108 valence electrons. The van der Waals surface area contributed by atoms with E-state index in [1.807, 2.05) is 31.2 Å². The molecular formula is C16H14O4S. The SMILES string of the molecule is CCOc1ccccc1/C=C/C(=O)c1ccc(C(=O)O)s1. The predicted octanol–water partition coefficient (Wildman–Crippen LogP) is 3.74. The molecule has 0 amide bonds. The second-order valence-corrected chi connectivity index (χ2v) is 5.22. The van der Waals surface area contributed by atoms with Gasteiger partial charge in [0.05, 0.1) is 11.5 Å². The molecule has 0 radical (unpaired) electrons. The number of carbonyl (C=O) groups excluding carboxylic acids is 1. The highest BCUT2D eigenvalue weighted by atomic mass is 32.1. The summed E-state index contributed by atoms with van der Waals surface area (Å²) < 4.78 is 5.47. The number of thiophene rings is 1. The quantitative estimate of drug-likeness (QED) is 0.652. The van der Waals surface area contributed by atoms with Gasteiger partial charge in [-0.15, -0.1) is 11.3 Å². The van der Waals surface area contributed by atoms with E-state index in [2.05, 4.69) is 0 Å². The maximum absolute atomic E-state index is 12.0. The molecule has 0 bridgehead atoms. The molecule has 0 fully saturated rings. The first-order valence-electron chi connectivity index (χ1n) is 6.39. The minimum absolute atomic E-state index is 0.154. The van der Waals surface area contributed by atoms with E-state index in [-0.39, 0.29) is 10.7 Å². The van der Waals surface area contributed by atoms with Crippen LogP contribution < -0.4 is 4.74 Å². The van der Waals surface area contributed by atoms with Crippen LogP contribution in [0, 0.1) is 0 Å². The van der Waals surface area contributed by atoms with Crippen molar-refractivity contribution < 1.29 is 19.4 Å². The Labute approximate surface area is 126 Å². The zero-order valence-electron chi connectivity index (χ0n) is 11.4. The highest BCUT2D eigenvalue weighted by Gasteiger charge is 2.10. The molecule has 2 rings (SSSR count). The molecule has 0 aliphatic heterocycles. The molecule has 0 saturated heterocycles. The fourth-order valence-electron chi connectivity index (χ4n) is 1.74. The number of rotatable bonds is 6. The fraction of sp³-hybridized carbons (Fsp3) is 0.125. The molecule has 1 heterocycles. The van der Waals surface area contributed by atoms with Crippen molar-refractivity contribution in [1.82, 2.24) is 0 Å². The van der Waals surface area contributed by atoms with Crippen molar-refractivity contribution in [2.45, 2.75) is 6.92 Å². The molecule has 0 aliphatic rings. The van der Waals surface area contributed by atoms with Gasteiger partial charge in [-0.05, 0) is 37.3 Å². The third kappa shape index (κ3) is 3.79. The largest absolute Gasteiger partial charge is 0.493 e. The molecule has 21 heavy (non-hydrogen) atoms. The number of benzene rings is 1. The average molecular weight is 302 g/mol. The van der Waals surface area contributed by atoms with E-state index in [4.69, 9.17) is 9.84 Å². The molecular weight excluding hydrogens is 288 g/mol. The van der Waals surface area contributed by atoms with Crippen molar-refractivity contribution in [3.63, 3.8) is 0 Å². The van der Waals surface area contributed by atoms with Gasteiger partial charge in [0.1, 0.15) is 10.6 Å². The number of para-hydroxylation sites is 1. The number of hydrogen-bond donors (Lipinski definition) is 1. The Morgan fingerprint density at radius 1 is 1.19 bits per heavy atom. The van der Waals surface area contributed by atoms with Gasteiger partial charge in [0.25, 0.3) is 0 Å². The second kappa shape index (κ2) is 6.85. The Kier molecular flexibility index (Phi) is 4.90. The number of carboxylic acid groups (broad SMARTS) is 1. The topological polar surface area (TPSA) is 63.6 Å². The Morgan fingerprint density at radius 2 is 1.90 bits per heavy atom. The molecule has 0 spiro atoms. The van der Waals surface area contributed by atoms with Crippen LogP contribution in [0.5, 0.6) is 5.75 Å². The van der Waals surface area contributed by atoms with Crippen LogP contribution in [-0.4, -0.2) is 23.5 Å². The van der Waals surface area contributed by atoms with Gasteiger partial charge in [-0.25, -0.2) is 4.79 Å². The second-order valence-electron chi connectivity index (χ2n) is 4.14. The van der Waals surface area contributed by atoms with E-state index in [1.54, 1.807) is 6.08 Å². The molecule has 0 atom stereocenters. The third-order valence-corrected chi connectivity index (χ3v) is 3.78. The van der Waals surface area contributed by atoms with Crippen molar-refractivity contribution in [3.8, 4) is 5.75 Å². The first kappa shape index (κ1) is 15.0. The monoisotopic (exact) mass is 302 g/mol. The summed E-state index contributed by atoms with van der Waals surface area (Å²) in [5.74, 6) is -0.537. The predicted molar refractivity (Wildman–Crippen MR) is 82.3 cm³/mol. The van der Waals surface area contributed by atoms with Gasteiger partial charge in [0.15, 0.2) is 5.78 Å². The zero-order valence-corrected chi connectivity index (χ0v) is 12.2. The Bertz CT molecular complexity index is 685. The van der Waals surface area contributed by atoms with E-state index in [9.17, 15) is 9.59 Å². The van der Waals surface area contributed by atoms with Crippen LogP contribution in [0.4, 0.5) is 0 Å². The smallest absolute Gasteiger partial charge is 0.345 e. The lowest BCUT2D eigenvalue weighted by Crippen LogP contribution is -1.94. The molecule has 1 aromatic carbocycles. The van der Waals surface area contributed by atoms with Gasteiger partial charge in [-0.3, -0.25) is 4.79 Å². The summed E-state index contributed by atoms with van der Waals surface area (Å²) in [6.07, 6.45) is 3.10. The normalized spacial score (nSPS) is 10.7. The first-order valence-corrected chi connectivity index (χ1v) is 7.21. The average Bonchev–Trinajstić information content (AvgIpc) is 2.96. The number of carboxylic acids is 1. The lowest BCUT2D eigenvalue weighted by atomic mass is 10.1. The van der Waals surface area contributed by atoms with Crippen LogP contribution in [0.3, 0.4) is 0 Å². The maximum atomic E-state index is 12.0. The minimum Gasteiger partial charge on any atom is -0.493 e. The van der Waals surface area contributed by atoms with E-state index in [0.717, 1.165) is 16.9 Å². The molecule has 1 aromatic heterocycles. The van der Waals surface area contributed by atoms with Crippen LogP contribution in [0.1, 0.15) is 31.8 Å². The standard InChI is InChI=1S/C16H14O4S/c1-2-20-13-6-4-3-5-11(13)7-8-12(17)14-9-10-15(21-14)16(18)19/h3-10H,2H2,1H3,(H,18,19)/b8-7+. The Hall–Kier alpha value is -2.40. The van der Waals surface area contributed by atoms with Gasteiger partial charge in [0, 0.05) is 5.56 Å². The lowest BCUT2D eigenvalue weighted by Gasteiger charge is -2.05. The Balaban J connectivity index is 2.16. The van der Waals surface area contributed by atoms with Crippen molar-refractivity contribution in [2.24, 2.45) is 0 Å². The van der Waals surface area contributed by atoms with Crippen molar-refractivity contribution >= 4 is 29.2 Å². The summed E-state index contributed by atoms with van der Waals surface area (Å²) in [7, 11) is 0. The van der Waals surface area contributed by atoms with Gasteiger partial charge in [0.2, 0.25) is 0 Å². The van der Waals surface area contributed by atoms with Crippen LogP contribution in [-0.2, 0) is 0 Å². The fourth-order valence-corrected chi connectivity index (χ4v) is 2.50. The highest BCUT2D eigenvalue weighted by Crippen LogP contribution is 2.21. The number of carbonyl (C=O) groups is 2. The van der Waals surface area contributed by atoms with E-state index in [1.165, 1.54) is 18.2 Å². The molecule has 5 heteroatoms. The molecule has 0 aliphatic carbocycles. The van der Waals surface area contributed by atoms with Gasteiger partial charge < -0.3 is 9.84 Å².